The third-order valence-corrected chi connectivity index (χ3v) is 5.43. The molecule has 1 fully saturated rings. The first-order valence-corrected chi connectivity index (χ1v) is 11.5. The first-order valence-electron chi connectivity index (χ1n) is 13.5. The van der Waals surface area contributed by atoms with Crippen LogP contribution in [0.15, 0.2) is 42.5 Å². The molecule has 0 bridgehead atoms. The molecule has 0 aliphatic carbocycles. The molecule has 2 aromatic rings. The summed E-state index contributed by atoms with van der Waals surface area (Å²) in [4.78, 5) is 25.9. The Morgan fingerprint density at radius 2 is 1.88 bits per heavy atom. The molecule has 6 nitrogen and oxygen atoms in total. The zero-order valence-corrected chi connectivity index (χ0v) is 19.6. The average Bonchev–Trinajstić information content (AvgIpc) is 2.77. The number of carboxylic acids is 1. The maximum atomic E-state index is 13.2. The van der Waals surface area contributed by atoms with Gasteiger partial charge in [0.15, 0.2) is 0 Å². The molecule has 2 N–H and O–H groups in total. The number of rotatable bonds is 10. The molecule has 0 spiro atoms. The summed E-state index contributed by atoms with van der Waals surface area (Å²) in [6, 6.07) is 11.2. The van der Waals surface area contributed by atoms with Crippen molar-refractivity contribution < 1.29 is 24.9 Å². The van der Waals surface area contributed by atoms with Crippen molar-refractivity contribution in [3.05, 3.63) is 59.2 Å². The van der Waals surface area contributed by atoms with Crippen LogP contribution < -0.4 is 15.0 Å². The molecule has 1 heterocycles. The summed E-state index contributed by atoms with van der Waals surface area (Å²) in [6.07, 6.45) is 1.47. The van der Waals surface area contributed by atoms with E-state index in [9.17, 15) is 14.7 Å². The van der Waals surface area contributed by atoms with Crippen molar-refractivity contribution in [3.8, 4) is 5.75 Å². The Balaban J connectivity index is 1.92. The van der Waals surface area contributed by atoms with Gasteiger partial charge < -0.3 is 20.1 Å². The van der Waals surface area contributed by atoms with Gasteiger partial charge in [0.25, 0.3) is 0 Å². The number of hydrogen-bond acceptors (Lipinski definition) is 4. The minimum absolute atomic E-state index is 0.00209. The molecule has 0 saturated carbocycles. The summed E-state index contributed by atoms with van der Waals surface area (Å²) in [5.41, 5.74) is 1.73. The largest absolute Gasteiger partial charge is 0.493 e. The van der Waals surface area contributed by atoms with Crippen LogP contribution in [0.5, 0.6) is 5.75 Å². The topological polar surface area (TPSA) is 78.9 Å². The van der Waals surface area contributed by atoms with Gasteiger partial charge in [-0.05, 0) is 67.9 Å². The number of carbonyl (C=O) groups excluding carboxylic acids is 1. The lowest BCUT2D eigenvalue weighted by Gasteiger charge is -2.33. The quantitative estimate of drug-likeness (QED) is 0.512. The first-order chi connectivity index (χ1) is 17.4. The predicted octanol–water partition coefficient (Wildman–Crippen LogP) is 5.22. The molecule has 1 amide bonds. The molecule has 33 heavy (non-hydrogen) atoms. The second-order valence-electron chi connectivity index (χ2n) is 8.56. The van der Waals surface area contributed by atoms with Crippen molar-refractivity contribution in [1.82, 2.24) is 5.32 Å². The van der Waals surface area contributed by atoms with Crippen LogP contribution >= 0.6 is 0 Å². The van der Waals surface area contributed by atoms with Crippen LogP contribution in [0, 0.1) is 5.92 Å². The number of amides is 1. The van der Waals surface area contributed by atoms with Crippen molar-refractivity contribution in [1.29, 1.82) is 0 Å². The van der Waals surface area contributed by atoms with E-state index in [1.165, 1.54) is 11.0 Å². The fourth-order valence-corrected chi connectivity index (χ4v) is 3.98. The smallest absolute Gasteiger partial charge is 0.339 e. The molecule has 6 heteroatoms. The van der Waals surface area contributed by atoms with Gasteiger partial charge in [-0.2, -0.15) is 0 Å². The Hall–Kier alpha value is -3.02. The predicted molar refractivity (Wildman–Crippen MR) is 131 cm³/mol. The molecule has 0 aromatic heterocycles. The van der Waals surface area contributed by atoms with Crippen LogP contribution in [-0.2, 0) is 11.2 Å². The Morgan fingerprint density at radius 3 is 2.55 bits per heavy atom. The van der Waals surface area contributed by atoms with Gasteiger partial charge in [-0.25, -0.2) is 4.79 Å². The molecule has 3 rings (SSSR count). The van der Waals surface area contributed by atoms with E-state index < -0.39 is 25.0 Å². The van der Waals surface area contributed by atoms with Crippen molar-refractivity contribution >= 4 is 17.6 Å². The lowest BCUT2D eigenvalue weighted by molar-refractivity contribution is -0.121. The van der Waals surface area contributed by atoms with E-state index in [0.29, 0.717) is 36.3 Å². The summed E-state index contributed by atoms with van der Waals surface area (Å²) >= 11 is 0. The zero-order valence-electron chi connectivity index (χ0n) is 23.6. The molecule has 0 radical (unpaired) electrons. The number of hydrogen-bond donors (Lipinski definition) is 2. The molecule has 0 unspecified atom stereocenters. The fraction of sp³-hybridized carbons (Fsp3) is 0.481. The fourth-order valence-electron chi connectivity index (χ4n) is 3.98. The average molecular weight is 457 g/mol. The molecule has 178 valence electrons. The van der Waals surface area contributed by atoms with Crippen LogP contribution in [0.4, 0.5) is 5.69 Å². The lowest BCUT2D eigenvalue weighted by Crippen LogP contribution is -2.34. The highest BCUT2D eigenvalue weighted by Crippen LogP contribution is 2.32. The van der Waals surface area contributed by atoms with Gasteiger partial charge in [-0.15, -0.1) is 0 Å². The van der Waals surface area contributed by atoms with Crippen LogP contribution in [0.25, 0.3) is 0 Å². The second-order valence-corrected chi connectivity index (χ2v) is 8.56. The van der Waals surface area contributed by atoms with Crippen LogP contribution in [0.2, 0.25) is 0 Å². The molecular weight excluding hydrogens is 416 g/mol. The first kappa shape index (κ1) is 19.4. The van der Waals surface area contributed by atoms with Gasteiger partial charge in [-0.3, -0.25) is 4.79 Å². The molecule has 1 aliphatic rings. The number of nitrogens with one attached hydrogen (secondary N) is 1. The monoisotopic (exact) mass is 456 g/mol. The van der Waals surface area contributed by atoms with Crippen LogP contribution in [-0.4, -0.2) is 36.6 Å². The lowest BCUT2D eigenvalue weighted by atomic mass is 9.94. The number of nitrogens with zero attached hydrogens (tertiary/aromatic N) is 1. The highest BCUT2D eigenvalue weighted by atomic mass is 16.5. The number of ether oxygens (including phenoxy) is 1. The van der Waals surface area contributed by atoms with Gasteiger partial charge in [0.2, 0.25) is 5.91 Å². The van der Waals surface area contributed by atoms with E-state index in [1.54, 1.807) is 31.2 Å². The summed E-state index contributed by atoms with van der Waals surface area (Å²) < 4.78 is 39.7. The van der Waals surface area contributed by atoms with Gasteiger partial charge in [-0.1, -0.05) is 38.1 Å². The van der Waals surface area contributed by atoms with E-state index in [2.05, 4.69) is 5.32 Å². The molecule has 1 aliphatic heterocycles. The zero-order chi connectivity index (χ0) is 27.4. The number of piperidine rings is 1. The van der Waals surface area contributed by atoms with E-state index in [4.69, 9.17) is 10.2 Å². The maximum Gasteiger partial charge on any atom is 0.339 e. The second kappa shape index (κ2) is 11.7. The van der Waals surface area contributed by atoms with Crippen molar-refractivity contribution in [2.75, 3.05) is 24.5 Å². The van der Waals surface area contributed by atoms with Crippen molar-refractivity contribution in [3.63, 3.8) is 0 Å². The normalized spacial score (nSPS) is 19.6. The van der Waals surface area contributed by atoms with Crippen molar-refractivity contribution in [2.45, 2.75) is 58.9 Å². The summed E-state index contributed by atoms with van der Waals surface area (Å²) in [5, 5.41) is 12.5. The standard InChI is InChI=1S/C27H36N2O4/c1-4-33-25-17-20(12-13-22(25)27(31)32)18-26(30)28-23(16-19(2)3)21-10-6-7-11-24(21)29-14-8-5-9-15-29/h6-7,10-13,17,19,23H,4-5,8-9,14-16,18H2,1-3H3,(H,28,30)(H,31,32)/t23-/m0/s1/i14D2,15D2. The number of aromatic carboxylic acids is 1. The third kappa shape index (κ3) is 6.73. The summed E-state index contributed by atoms with van der Waals surface area (Å²) in [6.45, 7) is 2.37. The maximum absolute atomic E-state index is 13.2. The number of anilines is 1. The molecule has 1 atom stereocenters. The van der Waals surface area contributed by atoms with Gasteiger partial charge in [0.1, 0.15) is 11.3 Å². The van der Waals surface area contributed by atoms with Crippen molar-refractivity contribution in [2.24, 2.45) is 5.92 Å². The van der Waals surface area contributed by atoms with Gasteiger partial charge >= 0.3 is 5.97 Å². The van der Waals surface area contributed by atoms with E-state index in [1.807, 2.05) is 26.0 Å². The minimum Gasteiger partial charge on any atom is -0.493 e. The molecule has 1 saturated heterocycles. The number of carbonyl (C=O) groups is 2. The Morgan fingerprint density at radius 1 is 1.15 bits per heavy atom. The van der Waals surface area contributed by atoms with Crippen LogP contribution in [0.3, 0.4) is 0 Å². The Bertz CT molecular complexity index is 1110. The summed E-state index contributed by atoms with van der Waals surface area (Å²) in [7, 11) is 0. The van der Waals surface area contributed by atoms with E-state index >= 15 is 0 Å². The third-order valence-electron chi connectivity index (χ3n) is 5.43. The Kier molecular flexibility index (Phi) is 6.91. The van der Waals surface area contributed by atoms with Gasteiger partial charge in [0.05, 0.1) is 19.1 Å². The highest BCUT2D eigenvalue weighted by Gasteiger charge is 2.23. The van der Waals surface area contributed by atoms with E-state index in [0.717, 1.165) is 0 Å². The van der Waals surface area contributed by atoms with E-state index in [-0.39, 0.29) is 42.4 Å². The highest BCUT2D eigenvalue weighted by molar-refractivity contribution is 5.91. The Labute approximate surface area is 202 Å². The number of para-hydroxylation sites is 1. The number of benzene rings is 2. The SMILES string of the molecule is [2H]C1([2H])CCCC([2H])([2H])N1c1ccccc1[C@H](CC(C)C)NC(=O)Cc1ccc(C(=O)O)c(OCC)c1. The van der Waals surface area contributed by atoms with Gasteiger partial charge in [0, 0.05) is 24.2 Å². The molecular formula is C27H36N2O4. The molecule has 2 aromatic carbocycles. The number of carboxylic acid groups (broad SMARTS) is 1. The minimum atomic E-state index is -1.87. The van der Waals surface area contributed by atoms with Crippen LogP contribution in [0.1, 0.15) is 79.5 Å². The summed E-state index contributed by atoms with van der Waals surface area (Å²) in [5.74, 6) is -0.979.